The van der Waals surface area contributed by atoms with Gasteiger partial charge in [0, 0.05) is 17.8 Å². The molecule has 2 aliphatic rings. The molecule has 104 valence electrons. The van der Waals surface area contributed by atoms with Gasteiger partial charge in [0.2, 0.25) is 5.91 Å². The first-order valence-electron chi connectivity index (χ1n) is 7.19. The van der Waals surface area contributed by atoms with E-state index in [0.29, 0.717) is 11.8 Å². The molecular weight excluding hydrogens is 244 g/mol. The molecule has 5 atom stereocenters. The van der Waals surface area contributed by atoms with Crippen LogP contribution in [-0.4, -0.2) is 29.5 Å². The molecule has 2 rings (SSSR count). The Kier molecular flexibility index (Phi) is 4.96. The average molecular weight is 270 g/mol. The van der Waals surface area contributed by atoms with Crippen molar-refractivity contribution in [2.75, 3.05) is 11.5 Å². The lowest BCUT2D eigenvalue weighted by Crippen LogP contribution is -2.41. The number of nitrogens with one attached hydrogen (secondary N) is 1. The lowest BCUT2D eigenvalue weighted by Gasteiger charge is -2.28. The second kappa shape index (κ2) is 6.29. The Morgan fingerprint density at radius 3 is 2.72 bits per heavy atom. The maximum Gasteiger partial charge on any atom is 0.230 e. The molecule has 3 N–H and O–H groups in total. The second-order valence-corrected chi connectivity index (χ2v) is 7.22. The Labute approximate surface area is 115 Å². The van der Waals surface area contributed by atoms with Crippen molar-refractivity contribution in [1.29, 1.82) is 0 Å². The molecule has 2 fully saturated rings. The number of carbonyl (C=O) groups is 1. The van der Waals surface area contributed by atoms with Gasteiger partial charge in [0.25, 0.3) is 0 Å². The molecule has 2 aliphatic carbocycles. The molecule has 0 aromatic rings. The lowest BCUT2D eigenvalue weighted by molar-refractivity contribution is -0.119. The number of amides is 1. The van der Waals surface area contributed by atoms with Crippen molar-refractivity contribution in [2.24, 2.45) is 23.5 Å². The molecule has 3 nitrogen and oxygen atoms in total. The molecule has 0 aromatic heterocycles. The van der Waals surface area contributed by atoms with Crippen LogP contribution >= 0.6 is 11.8 Å². The second-order valence-electron chi connectivity index (χ2n) is 6.19. The number of carbonyl (C=O) groups excluding carboxylic acids is 1. The minimum atomic E-state index is 0.172. The van der Waals surface area contributed by atoms with Gasteiger partial charge in [-0.3, -0.25) is 4.79 Å². The lowest BCUT2D eigenvalue weighted by atomic mass is 9.84. The van der Waals surface area contributed by atoms with Crippen LogP contribution < -0.4 is 11.1 Å². The Hall–Kier alpha value is -0.220. The van der Waals surface area contributed by atoms with Gasteiger partial charge in [-0.25, -0.2) is 0 Å². The maximum atomic E-state index is 11.8. The summed E-state index contributed by atoms with van der Waals surface area (Å²) >= 11 is 1.63. The number of rotatable bonds is 6. The highest BCUT2D eigenvalue weighted by Crippen LogP contribution is 2.49. The van der Waals surface area contributed by atoms with Crippen molar-refractivity contribution < 1.29 is 4.79 Å². The third-order valence-electron chi connectivity index (χ3n) is 4.44. The minimum absolute atomic E-state index is 0.172. The third-order valence-corrected chi connectivity index (χ3v) is 5.67. The van der Waals surface area contributed by atoms with Crippen LogP contribution in [-0.2, 0) is 4.79 Å². The SMILES string of the molecule is CC(N)CSCC(=O)NC(C)C1CC2CCC1C2. The van der Waals surface area contributed by atoms with Crippen molar-refractivity contribution in [3.05, 3.63) is 0 Å². The molecule has 0 spiro atoms. The Balaban J connectivity index is 1.67. The molecule has 0 radical (unpaired) electrons. The first kappa shape index (κ1) is 14.2. The monoisotopic (exact) mass is 270 g/mol. The largest absolute Gasteiger partial charge is 0.353 e. The number of thioether (sulfide) groups is 1. The standard InChI is InChI=1S/C14H26N2OS/c1-9(15)7-18-8-14(17)16-10(2)13-6-11-3-4-12(13)5-11/h9-13H,3-8,15H2,1-2H3,(H,16,17). The summed E-state index contributed by atoms with van der Waals surface area (Å²) in [5, 5.41) is 3.18. The van der Waals surface area contributed by atoms with Crippen LogP contribution in [0.4, 0.5) is 0 Å². The topological polar surface area (TPSA) is 55.1 Å². The highest BCUT2D eigenvalue weighted by Gasteiger charge is 2.41. The van der Waals surface area contributed by atoms with Crippen LogP contribution in [0.3, 0.4) is 0 Å². The molecule has 0 aromatic carbocycles. The first-order valence-corrected chi connectivity index (χ1v) is 8.34. The van der Waals surface area contributed by atoms with Gasteiger partial charge in [-0.1, -0.05) is 6.42 Å². The van der Waals surface area contributed by atoms with E-state index < -0.39 is 0 Å². The average Bonchev–Trinajstić information content (AvgIpc) is 2.89. The summed E-state index contributed by atoms with van der Waals surface area (Å²) in [5.74, 6) is 4.14. The van der Waals surface area contributed by atoms with Gasteiger partial charge in [0.15, 0.2) is 0 Å². The van der Waals surface area contributed by atoms with Crippen molar-refractivity contribution in [3.63, 3.8) is 0 Å². The number of hydrogen-bond donors (Lipinski definition) is 2. The summed E-state index contributed by atoms with van der Waals surface area (Å²) < 4.78 is 0. The molecule has 4 heteroatoms. The third kappa shape index (κ3) is 3.64. The van der Waals surface area contributed by atoms with Crippen molar-refractivity contribution >= 4 is 17.7 Å². The zero-order valence-corrected chi connectivity index (χ0v) is 12.3. The van der Waals surface area contributed by atoms with Crippen LogP contribution in [0.1, 0.15) is 39.5 Å². The summed E-state index contributed by atoms with van der Waals surface area (Å²) in [6.45, 7) is 4.16. The Bertz CT molecular complexity index is 296. The molecule has 2 saturated carbocycles. The van der Waals surface area contributed by atoms with Gasteiger partial charge in [-0.05, 0) is 50.9 Å². The van der Waals surface area contributed by atoms with Gasteiger partial charge in [0.05, 0.1) is 5.75 Å². The number of fused-ring (bicyclic) bond motifs is 2. The van der Waals surface area contributed by atoms with E-state index in [9.17, 15) is 4.79 Å². The van der Waals surface area contributed by atoms with Gasteiger partial charge >= 0.3 is 0 Å². The van der Waals surface area contributed by atoms with E-state index in [0.717, 1.165) is 23.5 Å². The predicted octanol–water partition coefficient (Wildman–Crippen LogP) is 2.01. The van der Waals surface area contributed by atoms with Crippen LogP contribution in [0.2, 0.25) is 0 Å². The van der Waals surface area contributed by atoms with Crippen LogP contribution in [0.15, 0.2) is 0 Å². The molecule has 0 aliphatic heterocycles. The summed E-state index contributed by atoms with van der Waals surface area (Å²) in [6, 6.07) is 0.523. The summed E-state index contributed by atoms with van der Waals surface area (Å²) in [5.41, 5.74) is 5.67. The van der Waals surface area contributed by atoms with E-state index in [4.69, 9.17) is 5.73 Å². The highest BCUT2D eigenvalue weighted by atomic mass is 32.2. The molecule has 1 amide bonds. The number of hydrogen-bond acceptors (Lipinski definition) is 3. The normalized spacial score (nSPS) is 33.4. The fraction of sp³-hybridized carbons (Fsp3) is 0.929. The fourth-order valence-electron chi connectivity index (χ4n) is 3.65. The summed E-state index contributed by atoms with van der Waals surface area (Å²) in [4.78, 5) is 11.8. The summed E-state index contributed by atoms with van der Waals surface area (Å²) in [6.07, 6.45) is 5.55. The maximum absolute atomic E-state index is 11.8. The van der Waals surface area contributed by atoms with Crippen LogP contribution in [0.25, 0.3) is 0 Å². The highest BCUT2D eigenvalue weighted by molar-refractivity contribution is 7.99. The van der Waals surface area contributed by atoms with Crippen molar-refractivity contribution in [3.8, 4) is 0 Å². The van der Waals surface area contributed by atoms with Crippen LogP contribution in [0, 0.1) is 17.8 Å². The molecule has 2 bridgehead atoms. The predicted molar refractivity (Wildman–Crippen MR) is 77.5 cm³/mol. The molecule has 18 heavy (non-hydrogen) atoms. The number of nitrogens with two attached hydrogens (primary N) is 1. The Morgan fingerprint density at radius 1 is 1.39 bits per heavy atom. The van der Waals surface area contributed by atoms with Crippen LogP contribution in [0.5, 0.6) is 0 Å². The van der Waals surface area contributed by atoms with E-state index in [2.05, 4.69) is 12.2 Å². The van der Waals surface area contributed by atoms with Gasteiger partial charge < -0.3 is 11.1 Å². The Morgan fingerprint density at radius 2 is 2.17 bits per heavy atom. The fourth-order valence-corrected chi connectivity index (χ4v) is 4.40. The molecule has 5 unspecified atom stereocenters. The molecular formula is C14H26N2OS. The van der Waals surface area contributed by atoms with Crippen molar-refractivity contribution in [1.82, 2.24) is 5.32 Å². The quantitative estimate of drug-likeness (QED) is 0.776. The summed E-state index contributed by atoms with van der Waals surface area (Å²) in [7, 11) is 0. The zero-order chi connectivity index (χ0) is 13.1. The van der Waals surface area contributed by atoms with Gasteiger partial charge in [-0.15, -0.1) is 0 Å². The smallest absolute Gasteiger partial charge is 0.230 e. The van der Waals surface area contributed by atoms with E-state index in [-0.39, 0.29) is 11.9 Å². The minimum Gasteiger partial charge on any atom is -0.353 e. The van der Waals surface area contributed by atoms with Crippen molar-refractivity contribution in [2.45, 2.75) is 51.6 Å². The van der Waals surface area contributed by atoms with E-state index in [1.54, 1.807) is 11.8 Å². The van der Waals surface area contributed by atoms with E-state index in [1.165, 1.54) is 25.7 Å². The molecule has 0 saturated heterocycles. The molecule has 0 heterocycles. The van der Waals surface area contributed by atoms with Gasteiger partial charge in [-0.2, -0.15) is 11.8 Å². The van der Waals surface area contributed by atoms with E-state index >= 15 is 0 Å². The van der Waals surface area contributed by atoms with E-state index in [1.807, 2.05) is 6.92 Å². The zero-order valence-electron chi connectivity index (χ0n) is 11.5. The first-order chi connectivity index (χ1) is 8.56. The van der Waals surface area contributed by atoms with Gasteiger partial charge in [0.1, 0.15) is 0 Å².